The number of piperidine rings is 1. The van der Waals surface area contributed by atoms with Gasteiger partial charge in [0.2, 0.25) is 5.95 Å². The predicted octanol–water partition coefficient (Wildman–Crippen LogP) is 1.30. The van der Waals surface area contributed by atoms with Gasteiger partial charge in [-0.25, -0.2) is 14.8 Å². The highest BCUT2D eigenvalue weighted by molar-refractivity contribution is 9.10. The minimum atomic E-state index is -0.728. The van der Waals surface area contributed by atoms with Crippen LogP contribution in [0, 0.1) is 0 Å². The number of nitrogens with two attached hydrogens (primary N) is 1. The minimum Gasteiger partial charge on any atom is -0.445 e. The van der Waals surface area contributed by atoms with Crippen LogP contribution in [0.2, 0.25) is 0 Å². The van der Waals surface area contributed by atoms with Crippen molar-refractivity contribution < 1.29 is 9.53 Å². The molecule has 0 radical (unpaired) electrons. The van der Waals surface area contributed by atoms with E-state index in [0.717, 1.165) is 23.9 Å². The highest BCUT2D eigenvalue weighted by atomic mass is 79.9. The Morgan fingerprint density at radius 3 is 2.88 bits per heavy atom. The predicted molar refractivity (Wildman–Crippen MR) is 65.6 cm³/mol. The largest absolute Gasteiger partial charge is 0.445 e. The number of hydrogen-bond acceptors (Lipinski definition) is 5. The first-order chi connectivity index (χ1) is 8.15. The highest BCUT2D eigenvalue weighted by Crippen LogP contribution is 2.18. The first-order valence-electron chi connectivity index (χ1n) is 5.34. The average Bonchev–Trinajstić information content (AvgIpc) is 2.29. The Balaban J connectivity index is 2.01. The van der Waals surface area contributed by atoms with Gasteiger partial charge >= 0.3 is 6.09 Å². The van der Waals surface area contributed by atoms with E-state index in [9.17, 15) is 4.79 Å². The molecule has 0 aliphatic carbocycles. The van der Waals surface area contributed by atoms with E-state index in [0.29, 0.717) is 12.5 Å². The minimum absolute atomic E-state index is 0.173. The summed E-state index contributed by atoms with van der Waals surface area (Å²) in [6.45, 7) is 1.45. The van der Waals surface area contributed by atoms with Crippen LogP contribution in [0.25, 0.3) is 0 Å². The number of amides is 1. The lowest BCUT2D eigenvalue weighted by Crippen LogP contribution is -2.42. The van der Waals surface area contributed by atoms with Gasteiger partial charge in [0.1, 0.15) is 6.10 Å². The molecule has 1 aromatic heterocycles. The van der Waals surface area contributed by atoms with E-state index >= 15 is 0 Å². The Bertz CT molecular complexity index is 398. The first kappa shape index (κ1) is 12.1. The number of ether oxygens (including phenoxy) is 1. The third-order valence-corrected chi connectivity index (χ3v) is 2.96. The van der Waals surface area contributed by atoms with E-state index < -0.39 is 6.09 Å². The molecule has 2 rings (SSSR count). The van der Waals surface area contributed by atoms with Crippen molar-refractivity contribution in [3.05, 3.63) is 16.9 Å². The molecule has 7 heteroatoms. The van der Waals surface area contributed by atoms with Crippen molar-refractivity contribution in [1.29, 1.82) is 0 Å². The van der Waals surface area contributed by atoms with Gasteiger partial charge in [0.15, 0.2) is 0 Å². The summed E-state index contributed by atoms with van der Waals surface area (Å²) < 4.78 is 5.84. The van der Waals surface area contributed by atoms with Crippen molar-refractivity contribution >= 4 is 28.0 Å². The normalized spacial score (nSPS) is 20.1. The van der Waals surface area contributed by atoms with Gasteiger partial charge in [-0.3, -0.25) is 0 Å². The van der Waals surface area contributed by atoms with Gasteiger partial charge in [-0.05, 0) is 28.8 Å². The highest BCUT2D eigenvalue weighted by Gasteiger charge is 2.23. The van der Waals surface area contributed by atoms with Crippen LogP contribution in [0.5, 0.6) is 0 Å². The maximum atomic E-state index is 10.7. The van der Waals surface area contributed by atoms with Crippen LogP contribution in [0.15, 0.2) is 16.9 Å². The molecule has 1 fully saturated rings. The molecule has 0 spiro atoms. The van der Waals surface area contributed by atoms with Crippen LogP contribution >= 0.6 is 15.9 Å². The fraction of sp³-hybridized carbons (Fsp3) is 0.500. The molecule has 1 unspecified atom stereocenters. The maximum Gasteiger partial charge on any atom is 0.404 e. The molecule has 0 aromatic carbocycles. The van der Waals surface area contributed by atoms with E-state index in [-0.39, 0.29) is 6.10 Å². The second-order valence-electron chi connectivity index (χ2n) is 3.85. The zero-order valence-electron chi connectivity index (χ0n) is 9.17. The van der Waals surface area contributed by atoms with Crippen molar-refractivity contribution in [2.45, 2.75) is 18.9 Å². The summed E-state index contributed by atoms with van der Waals surface area (Å²) >= 11 is 3.28. The Kier molecular flexibility index (Phi) is 3.78. The van der Waals surface area contributed by atoms with Crippen LogP contribution in [0.4, 0.5) is 10.7 Å². The molecule has 1 saturated heterocycles. The van der Waals surface area contributed by atoms with Gasteiger partial charge < -0.3 is 15.4 Å². The number of carbonyl (C=O) groups excluding carboxylic acids is 1. The van der Waals surface area contributed by atoms with Crippen molar-refractivity contribution in [2.24, 2.45) is 5.73 Å². The van der Waals surface area contributed by atoms with E-state index in [1.54, 1.807) is 12.4 Å². The number of rotatable bonds is 2. The molecular formula is C10H13BrN4O2. The molecule has 6 nitrogen and oxygen atoms in total. The molecule has 1 atom stereocenters. The molecule has 1 aliphatic rings. The molecule has 92 valence electrons. The summed E-state index contributed by atoms with van der Waals surface area (Å²) in [5.74, 6) is 0.644. The molecule has 1 aliphatic heterocycles. The zero-order valence-corrected chi connectivity index (χ0v) is 10.8. The van der Waals surface area contributed by atoms with Crippen LogP contribution in [0.3, 0.4) is 0 Å². The number of anilines is 1. The number of aromatic nitrogens is 2. The van der Waals surface area contributed by atoms with Gasteiger partial charge in [0, 0.05) is 18.9 Å². The standard InChI is InChI=1S/C10H13BrN4O2/c11-7-4-13-10(14-5-7)15-3-1-2-8(6-15)17-9(12)16/h4-5,8H,1-3,6H2,(H2,12,16). The summed E-state index contributed by atoms with van der Waals surface area (Å²) in [6, 6.07) is 0. The Morgan fingerprint density at radius 2 is 2.24 bits per heavy atom. The van der Waals surface area contributed by atoms with Crippen LogP contribution in [0.1, 0.15) is 12.8 Å². The van der Waals surface area contributed by atoms with Crippen molar-refractivity contribution in [3.63, 3.8) is 0 Å². The Labute approximate surface area is 107 Å². The average molecular weight is 301 g/mol. The van der Waals surface area contributed by atoms with Gasteiger partial charge in [-0.2, -0.15) is 0 Å². The topological polar surface area (TPSA) is 81.3 Å². The van der Waals surface area contributed by atoms with E-state index in [4.69, 9.17) is 10.5 Å². The molecule has 2 N–H and O–H groups in total. The Hall–Kier alpha value is -1.37. The summed E-state index contributed by atoms with van der Waals surface area (Å²) in [5, 5.41) is 0. The molecule has 1 amide bonds. The van der Waals surface area contributed by atoms with E-state index in [1.165, 1.54) is 0 Å². The summed E-state index contributed by atoms with van der Waals surface area (Å²) in [7, 11) is 0. The van der Waals surface area contributed by atoms with Gasteiger partial charge in [0.25, 0.3) is 0 Å². The second kappa shape index (κ2) is 5.31. The number of halogens is 1. The van der Waals surface area contributed by atoms with E-state index in [1.807, 2.05) is 4.90 Å². The fourth-order valence-corrected chi connectivity index (χ4v) is 2.05. The van der Waals surface area contributed by atoms with Gasteiger partial charge in [-0.15, -0.1) is 0 Å². The van der Waals surface area contributed by atoms with Crippen LogP contribution < -0.4 is 10.6 Å². The number of carbonyl (C=O) groups is 1. The van der Waals surface area contributed by atoms with Crippen molar-refractivity contribution in [2.75, 3.05) is 18.0 Å². The molecule has 0 saturated carbocycles. The Morgan fingerprint density at radius 1 is 1.53 bits per heavy atom. The van der Waals surface area contributed by atoms with Crippen molar-refractivity contribution in [1.82, 2.24) is 9.97 Å². The summed E-state index contributed by atoms with van der Waals surface area (Å²) in [5.41, 5.74) is 5.01. The third kappa shape index (κ3) is 3.29. The molecular weight excluding hydrogens is 288 g/mol. The lowest BCUT2D eigenvalue weighted by molar-refractivity contribution is 0.0962. The van der Waals surface area contributed by atoms with Crippen molar-refractivity contribution in [3.8, 4) is 0 Å². The summed E-state index contributed by atoms with van der Waals surface area (Å²) in [6.07, 6.45) is 4.25. The first-order valence-corrected chi connectivity index (χ1v) is 6.13. The van der Waals surface area contributed by atoms with Crippen LogP contribution in [-0.4, -0.2) is 35.3 Å². The SMILES string of the molecule is NC(=O)OC1CCCN(c2ncc(Br)cn2)C1. The lowest BCUT2D eigenvalue weighted by atomic mass is 10.1. The molecule has 17 heavy (non-hydrogen) atoms. The molecule has 1 aromatic rings. The summed E-state index contributed by atoms with van der Waals surface area (Å²) in [4.78, 5) is 21.1. The van der Waals surface area contributed by atoms with E-state index in [2.05, 4.69) is 25.9 Å². The number of nitrogens with zero attached hydrogens (tertiary/aromatic N) is 3. The van der Waals surface area contributed by atoms with Crippen LogP contribution in [-0.2, 0) is 4.74 Å². The third-order valence-electron chi connectivity index (χ3n) is 2.55. The van der Waals surface area contributed by atoms with Gasteiger partial charge in [0.05, 0.1) is 11.0 Å². The monoisotopic (exact) mass is 300 g/mol. The smallest absolute Gasteiger partial charge is 0.404 e. The number of hydrogen-bond donors (Lipinski definition) is 1. The molecule has 0 bridgehead atoms. The lowest BCUT2D eigenvalue weighted by Gasteiger charge is -2.31. The fourth-order valence-electron chi connectivity index (χ4n) is 1.85. The second-order valence-corrected chi connectivity index (χ2v) is 4.76. The quantitative estimate of drug-likeness (QED) is 0.890. The van der Waals surface area contributed by atoms with Gasteiger partial charge in [-0.1, -0.05) is 0 Å². The zero-order chi connectivity index (χ0) is 12.3. The molecule has 2 heterocycles. The number of primary amides is 1. The maximum absolute atomic E-state index is 10.7.